The van der Waals surface area contributed by atoms with E-state index in [2.05, 4.69) is 9.08 Å². The van der Waals surface area contributed by atoms with Gasteiger partial charge < -0.3 is 13.8 Å². The molecule has 7 nitrogen and oxygen atoms in total. The zero-order chi connectivity index (χ0) is 21.4. The number of hydrogen-bond donors (Lipinski definition) is 0. The standard InChI is InChI=1S/C17H27F3N2O5S/c1-15(2,3)26-14(23)21-11-7-16(4,8-12-21)22-9-5-13(6-10-22)27-28(24,25)17(18,19)20/h5H,6-12H2,1-4H3. The molecule has 2 heterocycles. The maximum Gasteiger partial charge on any atom is 0.534 e. The molecule has 1 saturated heterocycles. The van der Waals surface area contributed by atoms with Crippen LogP contribution in [0.3, 0.4) is 0 Å². The third kappa shape index (κ3) is 5.53. The first kappa shape index (κ1) is 22.8. The van der Waals surface area contributed by atoms with Crippen LogP contribution < -0.4 is 0 Å². The number of alkyl halides is 3. The molecule has 0 aromatic rings. The number of ether oxygens (including phenoxy) is 1. The highest BCUT2D eigenvalue weighted by Crippen LogP contribution is 2.33. The van der Waals surface area contributed by atoms with Gasteiger partial charge in [-0.05, 0) is 46.6 Å². The second kappa shape index (κ2) is 7.74. The lowest BCUT2D eigenvalue weighted by molar-refractivity contribution is -0.0528. The van der Waals surface area contributed by atoms with Gasteiger partial charge in [0, 0.05) is 38.1 Å². The molecule has 2 aliphatic heterocycles. The molecule has 1 amide bonds. The van der Waals surface area contributed by atoms with Gasteiger partial charge in [0.25, 0.3) is 0 Å². The fourth-order valence-corrected chi connectivity index (χ4v) is 3.75. The molecule has 0 aromatic heterocycles. The molecule has 0 radical (unpaired) electrons. The van der Waals surface area contributed by atoms with Crippen LogP contribution in [-0.2, 0) is 19.0 Å². The van der Waals surface area contributed by atoms with Crippen LogP contribution in [0.4, 0.5) is 18.0 Å². The van der Waals surface area contributed by atoms with Gasteiger partial charge in [0.15, 0.2) is 0 Å². The van der Waals surface area contributed by atoms with Gasteiger partial charge in [-0.25, -0.2) is 4.79 Å². The molecule has 162 valence electrons. The van der Waals surface area contributed by atoms with Crippen LogP contribution in [0, 0.1) is 0 Å². The second-order valence-electron chi connectivity index (χ2n) is 8.31. The zero-order valence-electron chi connectivity index (χ0n) is 16.5. The van der Waals surface area contributed by atoms with Crippen molar-refractivity contribution >= 4 is 16.2 Å². The van der Waals surface area contributed by atoms with Crippen molar-refractivity contribution in [1.82, 2.24) is 9.80 Å². The lowest BCUT2D eigenvalue weighted by atomic mass is 9.87. The average Bonchev–Trinajstić information content (AvgIpc) is 2.53. The van der Waals surface area contributed by atoms with Crippen LogP contribution in [-0.4, -0.2) is 67.1 Å². The van der Waals surface area contributed by atoms with Gasteiger partial charge in [0.05, 0.1) is 0 Å². The molecule has 0 bridgehead atoms. The van der Waals surface area contributed by atoms with Crippen LogP contribution in [0.5, 0.6) is 0 Å². The number of nitrogens with zero attached hydrogens (tertiary/aromatic N) is 2. The predicted molar refractivity (Wildman–Crippen MR) is 95.8 cm³/mol. The van der Waals surface area contributed by atoms with Gasteiger partial charge >= 0.3 is 21.7 Å². The Labute approximate surface area is 163 Å². The summed E-state index contributed by atoms with van der Waals surface area (Å²) in [5, 5.41) is 0. The smallest absolute Gasteiger partial charge is 0.444 e. The maximum absolute atomic E-state index is 12.4. The van der Waals surface area contributed by atoms with E-state index in [9.17, 15) is 26.4 Å². The van der Waals surface area contributed by atoms with Crippen molar-refractivity contribution in [3.8, 4) is 0 Å². The number of likely N-dealkylation sites (tertiary alicyclic amines) is 1. The summed E-state index contributed by atoms with van der Waals surface area (Å²) >= 11 is 0. The van der Waals surface area contributed by atoms with Gasteiger partial charge in [-0.15, -0.1) is 0 Å². The van der Waals surface area contributed by atoms with Crippen molar-refractivity contribution < 1.29 is 35.3 Å². The summed E-state index contributed by atoms with van der Waals surface area (Å²) in [5.74, 6) is -0.191. The molecule has 2 aliphatic rings. The summed E-state index contributed by atoms with van der Waals surface area (Å²) < 4.78 is 69.1. The summed E-state index contributed by atoms with van der Waals surface area (Å²) in [5.41, 5.74) is -6.25. The minimum Gasteiger partial charge on any atom is -0.444 e. The number of hydrogen-bond acceptors (Lipinski definition) is 6. The van der Waals surface area contributed by atoms with E-state index in [1.165, 1.54) is 6.08 Å². The Morgan fingerprint density at radius 1 is 1.14 bits per heavy atom. The van der Waals surface area contributed by atoms with E-state index < -0.39 is 21.2 Å². The molecule has 0 N–H and O–H groups in total. The van der Waals surface area contributed by atoms with Gasteiger partial charge in [-0.3, -0.25) is 4.90 Å². The number of carbonyl (C=O) groups is 1. The van der Waals surface area contributed by atoms with E-state index in [0.29, 0.717) is 32.5 Å². The molecular weight excluding hydrogens is 401 g/mol. The van der Waals surface area contributed by atoms with Crippen molar-refractivity contribution in [3.05, 3.63) is 11.8 Å². The normalized spacial score (nSPS) is 21.8. The molecule has 28 heavy (non-hydrogen) atoms. The molecule has 0 aromatic carbocycles. The van der Waals surface area contributed by atoms with Crippen molar-refractivity contribution in [1.29, 1.82) is 0 Å². The van der Waals surface area contributed by atoms with Crippen LogP contribution in [0.2, 0.25) is 0 Å². The molecular formula is C17H27F3N2O5S. The number of carbonyl (C=O) groups excluding carboxylic acids is 1. The number of piperidine rings is 1. The first-order valence-electron chi connectivity index (χ1n) is 9.06. The van der Waals surface area contributed by atoms with Crippen LogP contribution in [0.25, 0.3) is 0 Å². The van der Waals surface area contributed by atoms with Crippen LogP contribution in [0.1, 0.15) is 47.0 Å². The van der Waals surface area contributed by atoms with E-state index in [-0.39, 0.29) is 30.4 Å². The third-order valence-corrected chi connectivity index (χ3v) is 5.92. The van der Waals surface area contributed by atoms with Crippen molar-refractivity contribution in [2.45, 2.75) is 63.6 Å². The fourth-order valence-electron chi connectivity index (χ4n) is 3.22. The zero-order valence-corrected chi connectivity index (χ0v) is 17.3. The SMILES string of the molecule is CC(C)(C)OC(=O)N1CCC(C)(N2CC=C(OS(=O)(=O)C(F)(F)F)CC2)CC1. The minimum absolute atomic E-state index is 0.0701. The van der Waals surface area contributed by atoms with E-state index in [0.717, 1.165) is 0 Å². The Morgan fingerprint density at radius 3 is 2.14 bits per heavy atom. The summed E-state index contributed by atoms with van der Waals surface area (Å²) in [7, 11) is -5.63. The van der Waals surface area contributed by atoms with Crippen LogP contribution in [0.15, 0.2) is 11.8 Å². The second-order valence-corrected chi connectivity index (χ2v) is 9.85. The highest BCUT2D eigenvalue weighted by Gasteiger charge is 2.49. The highest BCUT2D eigenvalue weighted by molar-refractivity contribution is 7.87. The minimum atomic E-state index is -5.63. The van der Waals surface area contributed by atoms with Crippen molar-refractivity contribution in [3.63, 3.8) is 0 Å². The fraction of sp³-hybridized carbons (Fsp3) is 0.824. The summed E-state index contributed by atoms with van der Waals surface area (Å²) in [6.07, 6.45) is 2.44. The molecule has 11 heteroatoms. The van der Waals surface area contributed by atoms with Gasteiger partial charge in [0.1, 0.15) is 11.4 Å². The summed E-state index contributed by atoms with van der Waals surface area (Å²) in [4.78, 5) is 15.9. The number of amides is 1. The monoisotopic (exact) mass is 428 g/mol. The Kier molecular flexibility index (Phi) is 6.30. The topological polar surface area (TPSA) is 76.2 Å². The molecule has 0 aliphatic carbocycles. The number of rotatable bonds is 3. The van der Waals surface area contributed by atoms with E-state index in [4.69, 9.17) is 4.74 Å². The predicted octanol–water partition coefficient (Wildman–Crippen LogP) is 3.23. The first-order chi connectivity index (χ1) is 12.6. The maximum atomic E-state index is 12.4. The molecule has 1 fully saturated rings. The summed E-state index contributed by atoms with van der Waals surface area (Å²) in [6.45, 7) is 9.13. The van der Waals surface area contributed by atoms with Gasteiger partial charge in [-0.2, -0.15) is 21.6 Å². The Morgan fingerprint density at radius 2 is 1.71 bits per heavy atom. The first-order valence-corrected chi connectivity index (χ1v) is 10.5. The Balaban J connectivity index is 1.92. The quantitative estimate of drug-likeness (QED) is 0.508. The molecule has 0 saturated carbocycles. The molecule has 2 rings (SSSR count). The van der Waals surface area contributed by atoms with E-state index >= 15 is 0 Å². The largest absolute Gasteiger partial charge is 0.534 e. The molecule has 0 unspecified atom stereocenters. The van der Waals surface area contributed by atoms with Gasteiger partial charge in [-0.1, -0.05) is 0 Å². The van der Waals surface area contributed by atoms with E-state index in [1.54, 1.807) is 25.7 Å². The van der Waals surface area contributed by atoms with E-state index in [1.807, 2.05) is 6.92 Å². The average molecular weight is 428 g/mol. The lowest BCUT2D eigenvalue weighted by Gasteiger charge is -2.47. The Bertz CT molecular complexity index is 720. The molecule has 0 atom stereocenters. The lowest BCUT2D eigenvalue weighted by Crippen LogP contribution is -2.56. The highest BCUT2D eigenvalue weighted by atomic mass is 32.2. The van der Waals surface area contributed by atoms with Gasteiger partial charge in [0.2, 0.25) is 0 Å². The van der Waals surface area contributed by atoms with Crippen LogP contribution >= 0.6 is 0 Å². The van der Waals surface area contributed by atoms with Crippen molar-refractivity contribution in [2.24, 2.45) is 0 Å². The Hall–Kier alpha value is -1.49. The van der Waals surface area contributed by atoms with Crippen molar-refractivity contribution in [2.75, 3.05) is 26.2 Å². The molecule has 0 spiro atoms. The summed E-state index contributed by atoms with van der Waals surface area (Å²) in [6, 6.07) is 0. The number of halogens is 3. The third-order valence-electron chi connectivity index (χ3n) is 4.92.